The maximum Gasteiger partial charge on any atom is 0.191 e. The van der Waals surface area contributed by atoms with Gasteiger partial charge in [0.05, 0.1) is 21.3 Å². The van der Waals surface area contributed by atoms with Crippen molar-refractivity contribution in [2.24, 2.45) is 4.99 Å². The Kier molecular flexibility index (Phi) is 9.77. The number of nitrogens with one attached hydrogen (secondary N) is 2. The van der Waals surface area contributed by atoms with Crippen LogP contribution in [0.25, 0.3) is 0 Å². The number of guanidine groups is 1. The predicted molar refractivity (Wildman–Crippen MR) is 120 cm³/mol. The van der Waals surface area contributed by atoms with Gasteiger partial charge in [0.2, 0.25) is 0 Å². The molecule has 27 heavy (non-hydrogen) atoms. The van der Waals surface area contributed by atoms with Gasteiger partial charge in [0.25, 0.3) is 0 Å². The molecule has 7 heteroatoms. The smallest absolute Gasteiger partial charge is 0.191 e. The van der Waals surface area contributed by atoms with Crippen LogP contribution in [0.3, 0.4) is 0 Å². The summed E-state index contributed by atoms with van der Waals surface area (Å²) in [6.45, 7) is 3.24. The van der Waals surface area contributed by atoms with Gasteiger partial charge in [-0.2, -0.15) is 0 Å². The summed E-state index contributed by atoms with van der Waals surface area (Å²) < 4.78 is 16.1. The zero-order valence-corrected chi connectivity index (χ0v) is 18.8. The second-order valence-corrected chi connectivity index (χ2v) is 5.77. The zero-order chi connectivity index (χ0) is 18.9. The molecule has 2 rings (SSSR count). The third-order valence-electron chi connectivity index (χ3n) is 4.05. The number of hydrogen-bond acceptors (Lipinski definition) is 4. The highest BCUT2D eigenvalue weighted by atomic mass is 127. The van der Waals surface area contributed by atoms with Crippen molar-refractivity contribution in [3.8, 4) is 17.2 Å². The number of methoxy groups -OCH3 is 3. The molecule has 0 bridgehead atoms. The van der Waals surface area contributed by atoms with E-state index in [0.717, 1.165) is 28.4 Å². The van der Waals surface area contributed by atoms with Gasteiger partial charge >= 0.3 is 0 Å². The van der Waals surface area contributed by atoms with Crippen LogP contribution in [0.1, 0.15) is 16.7 Å². The van der Waals surface area contributed by atoms with E-state index < -0.39 is 0 Å². The van der Waals surface area contributed by atoms with E-state index in [9.17, 15) is 0 Å². The second kappa shape index (κ2) is 11.5. The molecule has 2 aromatic rings. The summed E-state index contributed by atoms with van der Waals surface area (Å²) in [4.78, 5) is 4.27. The maximum atomic E-state index is 5.44. The van der Waals surface area contributed by atoms with Gasteiger partial charge in [-0.1, -0.05) is 12.1 Å². The molecule has 0 saturated carbocycles. The van der Waals surface area contributed by atoms with Crippen molar-refractivity contribution < 1.29 is 14.2 Å². The quantitative estimate of drug-likeness (QED) is 0.357. The van der Waals surface area contributed by atoms with Crippen LogP contribution in [0.5, 0.6) is 17.2 Å². The summed E-state index contributed by atoms with van der Waals surface area (Å²) in [5.41, 5.74) is 3.26. The minimum absolute atomic E-state index is 0. The maximum absolute atomic E-state index is 5.44. The summed E-state index contributed by atoms with van der Waals surface area (Å²) in [5.74, 6) is 3.10. The Bertz CT molecular complexity index is 766. The number of rotatable bonds is 7. The summed E-state index contributed by atoms with van der Waals surface area (Å²) in [5, 5.41) is 6.60. The van der Waals surface area contributed by atoms with Gasteiger partial charge in [-0.3, -0.25) is 4.99 Å². The molecule has 0 amide bonds. The normalized spacial score (nSPS) is 10.6. The van der Waals surface area contributed by atoms with Crippen LogP contribution in [0.15, 0.2) is 41.4 Å². The fourth-order valence-electron chi connectivity index (χ4n) is 2.57. The molecule has 0 heterocycles. The van der Waals surface area contributed by atoms with E-state index >= 15 is 0 Å². The topological polar surface area (TPSA) is 64.1 Å². The van der Waals surface area contributed by atoms with Crippen LogP contribution in [0, 0.1) is 6.92 Å². The minimum Gasteiger partial charge on any atom is -0.497 e. The second-order valence-electron chi connectivity index (χ2n) is 5.77. The third kappa shape index (κ3) is 6.50. The lowest BCUT2D eigenvalue weighted by Gasteiger charge is -2.15. The molecule has 0 saturated heterocycles. The number of aryl methyl sites for hydroxylation is 1. The van der Waals surface area contributed by atoms with Crippen LogP contribution >= 0.6 is 24.0 Å². The van der Waals surface area contributed by atoms with E-state index in [0.29, 0.717) is 19.0 Å². The Balaban J connectivity index is 0.00000364. The lowest BCUT2D eigenvalue weighted by atomic mass is 10.1. The minimum atomic E-state index is 0. The number of hydrogen-bond donors (Lipinski definition) is 2. The summed E-state index contributed by atoms with van der Waals surface area (Å²) in [7, 11) is 6.71. The van der Waals surface area contributed by atoms with Crippen LogP contribution in [0.4, 0.5) is 0 Å². The molecular weight excluding hydrogens is 457 g/mol. The largest absolute Gasteiger partial charge is 0.497 e. The van der Waals surface area contributed by atoms with Gasteiger partial charge < -0.3 is 24.8 Å². The first-order valence-electron chi connectivity index (χ1n) is 8.40. The number of halogens is 1. The summed E-state index contributed by atoms with van der Waals surface area (Å²) in [6, 6.07) is 11.9. The standard InChI is InChI=1S/C20H27N3O3.HI/c1-14-6-7-15(18(10-14)25-4)12-22-20(21-2)23-13-16-8-9-17(24-3)11-19(16)26-5;/h6-11H,12-13H2,1-5H3,(H2,21,22,23);1H. The van der Waals surface area contributed by atoms with E-state index in [4.69, 9.17) is 14.2 Å². The van der Waals surface area contributed by atoms with Crippen LogP contribution in [-0.4, -0.2) is 34.3 Å². The molecule has 0 radical (unpaired) electrons. The molecule has 0 aliphatic carbocycles. The molecule has 148 valence electrons. The molecule has 0 fully saturated rings. The average molecular weight is 485 g/mol. The van der Waals surface area contributed by atoms with Crippen molar-refractivity contribution in [1.82, 2.24) is 10.6 Å². The Hall–Kier alpha value is -2.16. The van der Waals surface area contributed by atoms with E-state index in [1.165, 1.54) is 5.56 Å². The highest BCUT2D eigenvalue weighted by Gasteiger charge is 2.08. The first kappa shape index (κ1) is 22.9. The Labute approximate surface area is 178 Å². The first-order chi connectivity index (χ1) is 12.6. The van der Waals surface area contributed by atoms with Crippen LogP contribution in [-0.2, 0) is 13.1 Å². The van der Waals surface area contributed by atoms with Crippen molar-refractivity contribution in [3.63, 3.8) is 0 Å². The third-order valence-corrected chi connectivity index (χ3v) is 4.05. The lowest BCUT2D eigenvalue weighted by molar-refractivity contribution is 0.390. The first-order valence-corrected chi connectivity index (χ1v) is 8.40. The Morgan fingerprint density at radius 2 is 1.41 bits per heavy atom. The molecule has 0 spiro atoms. The number of ether oxygens (including phenoxy) is 3. The highest BCUT2D eigenvalue weighted by Crippen LogP contribution is 2.24. The summed E-state index contributed by atoms with van der Waals surface area (Å²) in [6.07, 6.45) is 0. The van der Waals surface area contributed by atoms with E-state index in [1.807, 2.05) is 31.2 Å². The van der Waals surface area contributed by atoms with Crippen molar-refractivity contribution >= 4 is 29.9 Å². The van der Waals surface area contributed by atoms with Gasteiger partial charge in [0.1, 0.15) is 17.2 Å². The lowest BCUT2D eigenvalue weighted by Crippen LogP contribution is -2.36. The molecule has 6 nitrogen and oxygen atoms in total. The van der Waals surface area contributed by atoms with Crippen LogP contribution in [0.2, 0.25) is 0 Å². The molecule has 0 aromatic heterocycles. The van der Waals surface area contributed by atoms with Crippen LogP contribution < -0.4 is 24.8 Å². The van der Waals surface area contributed by atoms with Crippen molar-refractivity contribution in [3.05, 3.63) is 53.1 Å². The Morgan fingerprint density at radius 1 is 0.852 bits per heavy atom. The molecule has 0 aliphatic rings. The van der Waals surface area contributed by atoms with Crippen molar-refractivity contribution in [2.75, 3.05) is 28.4 Å². The number of nitrogens with zero attached hydrogens (tertiary/aromatic N) is 1. The van der Waals surface area contributed by atoms with Crippen molar-refractivity contribution in [2.45, 2.75) is 20.0 Å². The van der Waals surface area contributed by atoms with E-state index in [1.54, 1.807) is 28.4 Å². The molecule has 0 atom stereocenters. The average Bonchev–Trinajstić information content (AvgIpc) is 2.68. The number of aliphatic imine (C=N–C) groups is 1. The van der Waals surface area contributed by atoms with E-state index in [-0.39, 0.29) is 24.0 Å². The molecule has 2 N–H and O–H groups in total. The molecule has 2 aromatic carbocycles. The number of benzene rings is 2. The summed E-state index contributed by atoms with van der Waals surface area (Å²) >= 11 is 0. The fraction of sp³-hybridized carbons (Fsp3) is 0.350. The van der Waals surface area contributed by atoms with Gasteiger partial charge in [-0.15, -0.1) is 24.0 Å². The molecule has 0 aliphatic heterocycles. The van der Waals surface area contributed by atoms with Gasteiger partial charge in [-0.05, 0) is 30.7 Å². The molecule has 0 unspecified atom stereocenters. The zero-order valence-electron chi connectivity index (χ0n) is 16.5. The monoisotopic (exact) mass is 485 g/mol. The van der Waals surface area contributed by atoms with Gasteiger partial charge in [0, 0.05) is 37.3 Å². The fourth-order valence-corrected chi connectivity index (χ4v) is 2.57. The van der Waals surface area contributed by atoms with Gasteiger partial charge in [-0.25, -0.2) is 0 Å². The SMILES string of the molecule is CN=C(NCc1ccc(C)cc1OC)NCc1ccc(OC)cc1OC.I. The van der Waals surface area contributed by atoms with Crippen molar-refractivity contribution in [1.29, 1.82) is 0 Å². The molecular formula is C20H28IN3O3. The predicted octanol–water partition coefficient (Wildman–Crippen LogP) is 3.50. The van der Waals surface area contributed by atoms with Gasteiger partial charge in [0.15, 0.2) is 5.96 Å². The van der Waals surface area contributed by atoms with E-state index in [2.05, 4.69) is 27.8 Å². The highest BCUT2D eigenvalue weighted by molar-refractivity contribution is 14.0. The Morgan fingerprint density at radius 3 is 1.93 bits per heavy atom.